The van der Waals surface area contributed by atoms with Crippen LogP contribution in [0, 0.1) is 5.82 Å². The second-order valence-corrected chi connectivity index (χ2v) is 5.19. The van der Waals surface area contributed by atoms with Crippen LogP contribution in [0.3, 0.4) is 0 Å². The van der Waals surface area contributed by atoms with E-state index in [0.29, 0.717) is 12.2 Å². The summed E-state index contributed by atoms with van der Waals surface area (Å²) in [6, 6.07) is 4.29. The van der Waals surface area contributed by atoms with Crippen LogP contribution in [0.4, 0.5) is 4.39 Å². The fourth-order valence-electron chi connectivity index (χ4n) is 2.76. The van der Waals surface area contributed by atoms with E-state index in [-0.39, 0.29) is 18.0 Å². The Labute approximate surface area is 117 Å². The Bertz CT molecular complexity index is 638. The van der Waals surface area contributed by atoms with E-state index in [4.69, 9.17) is 10.5 Å². The predicted molar refractivity (Wildman–Crippen MR) is 73.9 cm³/mol. The second kappa shape index (κ2) is 4.90. The molecule has 1 aliphatic rings. The standard InChI is InChI=1S/C15H18FN3O/c1-3-13-11(8-19(2)18-13)15-7-12(17)10-6-9(16)4-5-14(10)20-15/h4-6,8,12,15H,3,7,17H2,1-2H3/t12-,15?/m1/s1. The highest BCUT2D eigenvalue weighted by molar-refractivity contribution is 5.39. The molecule has 2 aromatic rings. The first kappa shape index (κ1) is 13.1. The lowest BCUT2D eigenvalue weighted by Crippen LogP contribution is -2.24. The van der Waals surface area contributed by atoms with Crippen LogP contribution in [-0.4, -0.2) is 9.78 Å². The fourth-order valence-corrected chi connectivity index (χ4v) is 2.76. The lowest BCUT2D eigenvalue weighted by molar-refractivity contribution is 0.160. The van der Waals surface area contributed by atoms with Gasteiger partial charge in [0.2, 0.25) is 0 Å². The van der Waals surface area contributed by atoms with Gasteiger partial charge in [-0.05, 0) is 24.6 Å². The average molecular weight is 275 g/mol. The van der Waals surface area contributed by atoms with Gasteiger partial charge in [-0.1, -0.05) is 6.92 Å². The lowest BCUT2D eigenvalue weighted by atomic mass is 9.93. The van der Waals surface area contributed by atoms with E-state index < -0.39 is 0 Å². The van der Waals surface area contributed by atoms with Gasteiger partial charge in [0.1, 0.15) is 17.7 Å². The molecule has 0 saturated carbocycles. The van der Waals surface area contributed by atoms with Crippen molar-refractivity contribution in [3.05, 3.63) is 47.0 Å². The van der Waals surface area contributed by atoms with Crippen LogP contribution < -0.4 is 10.5 Å². The molecule has 106 valence electrons. The second-order valence-electron chi connectivity index (χ2n) is 5.19. The van der Waals surface area contributed by atoms with Gasteiger partial charge in [-0.25, -0.2) is 4.39 Å². The Morgan fingerprint density at radius 3 is 3.00 bits per heavy atom. The topological polar surface area (TPSA) is 53.1 Å². The van der Waals surface area contributed by atoms with E-state index in [1.807, 2.05) is 13.2 Å². The molecule has 20 heavy (non-hydrogen) atoms. The number of benzene rings is 1. The summed E-state index contributed by atoms with van der Waals surface area (Å²) in [5.41, 5.74) is 9.00. The van der Waals surface area contributed by atoms with Gasteiger partial charge in [-0.3, -0.25) is 4.68 Å². The number of aryl methyl sites for hydroxylation is 2. The number of fused-ring (bicyclic) bond motifs is 1. The highest BCUT2D eigenvalue weighted by Gasteiger charge is 2.29. The number of aromatic nitrogens is 2. The number of nitrogens with two attached hydrogens (primary N) is 1. The number of halogens is 1. The molecule has 0 fully saturated rings. The number of rotatable bonds is 2. The molecular weight excluding hydrogens is 257 g/mol. The van der Waals surface area contributed by atoms with E-state index in [2.05, 4.69) is 12.0 Å². The SMILES string of the molecule is CCc1nn(C)cc1C1C[C@@H](N)c2cc(F)ccc2O1. The Morgan fingerprint density at radius 1 is 1.45 bits per heavy atom. The third kappa shape index (κ3) is 2.18. The Hall–Kier alpha value is -1.88. The van der Waals surface area contributed by atoms with Gasteiger partial charge < -0.3 is 10.5 Å². The van der Waals surface area contributed by atoms with Crippen LogP contribution in [0.2, 0.25) is 0 Å². The fraction of sp³-hybridized carbons (Fsp3) is 0.400. The van der Waals surface area contributed by atoms with Crippen LogP contribution in [0.5, 0.6) is 5.75 Å². The summed E-state index contributed by atoms with van der Waals surface area (Å²) in [5.74, 6) is 0.387. The zero-order chi connectivity index (χ0) is 14.3. The maximum Gasteiger partial charge on any atom is 0.129 e. The average Bonchev–Trinajstić information content (AvgIpc) is 2.80. The van der Waals surface area contributed by atoms with Gasteiger partial charge in [0.25, 0.3) is 0 Å². The van der Waals surface area contributed by atoms with Gasteiger partial charge in [0.05, 0.1) is 5.69 Å². The number of hydrogen-bond donors (Lipinski definition) is 1. The Balaban J connectivity index is 1.96. The van der Waals surface area contributed by atoms with Crippen molar-refractivity contribution in [2.24, 2.45) is 12.8 Å². The van der Waals surface area contributed by atoms with Crippen molar-refractivity contribution in [1.29, 1.82) is 0 Å². The van der Waals surface area contributed by atoms with Crippen LogP contribution in [0.25, 0.3) is 0 Å². The summed E-state index contributed by atoms with van der Waals surface area (Å²) in [6.07, 6.45) is 3.34. The summed E-state index contributed by atoms with van der Waals surface area (Å²) in [6.45, 7) is 2.07. The smallest absolute Gasteiger partial charge is 0.129 e. The molecule has 3 rings (SSSR count). The quantitative estimate of drug-likeness (QED) is 0.916. The molecule has 0 amide bonds. The molecule has 1 aromatic heterocycles. The summed E-state index contributed by atoms with van der Waals surface area (Å²) in [4.78, 5) is 0. The highest BCUT2D eigenvalue weighted by Crippen LogP contribution is 2.40. The monoisotopic (exact) mass is 275 g/mol. The van der Waals surface area contributed by atoms with Gasteiger partial charge in [0, 0.05) is 36.8 Å². The van der Waals surface area contributed by atoms with Crippen molar-refractivity contribution in [2.45, 2.75) is 31.9 Å². The molecule has 0 bridgehead atoms. The molecule has 1 aromatic carbocycles. The zero-order valence-corrected chi connectivity index (χ0v) is 11.6. The van der Waals surface area contributed by atoms with Gasteiger partial charge in [-0.15, -0.1) is 0 Å². The Morgan fingerprint density at radius 2 is 2.25 bits per heavy atom. The van der Waals surface area contributed by atoms with Gasteiger partial charge >= 0.3 is 0 Å². The third-order valence-corrected chi connectivity index (χ3v) is 3.73. The van der Waals surface area contributed by atoms with Crippen LogP contribution in [0.1, 0.15) is 42.3 Å². The molecule has 1 aliphatic heterocycles. The first-order valence-corrected chi connectivity index (χ1v) is 6.82. The molecule has 0 aliphatic carbocycles. The summed E-state index contributed by atoms with van der Waals surface area (Å²) >= 11 is 0. The lowest BCUT2D eigenvalue weighted by Gasteiger charge is -2.30. The first-order valence-electron chi connectivity index (χ1n) is 6.82. The zero-order valence-electron chi connectivity index (χ0n) is 11.6. The molecular formula is C15H18FN3O. The minimum absolute atomic E-state index is 0.119. The maximum atomic E-state index is 13.3. The van der Waals surface area contributed by atoms with Crippen molar-refractivity contribution in [3.63, 3.8) is 0 Å². The molecule has 0 radical (unpaired) electrons. The molecule has 0 saturated heterocycles. The van der Waals surface area contributed by atoms with E-state index >= 15 is 0 Å². The molecule has 2 N–H and O–H groups in total. The van der Waals surface area contributed by atoms with E-state index in [1.54, 1.807) is 10.7 Å². The molecule has 2 atom stereocenters. The predicted octanol–water partition coefficient (Wildman–Crippen LogP) is 2.65. The van der Waals surface area contributed by atoms with Crippen molar-refractivity contribution in [1.82, 2.24) is 9.78 Å². The molecule has 5 heteroatoms. The van der Waals surface area contributed by atoms with E-state index in [0.717, 1.165) is 23.2 Å². The minimum atomic E-state index is -0.281. The number of nitrogens with zero attached hydrogens (tertiary/aromatic N) is 2. The minimum Gasteiger partial charge on any atom is -0.485 e. The molecule has 4 nitrogen and oxygen atoms in total. The van der Waals surface area contributed by atoms with Crippen LogP contribution >= 0.6 is 0 Å². The summed E-state index contributed by atoms with van der Waals surface area (Å²) < 4.78 is 21.1. The van der Waals surface area contributed by atoms with Crippen LogP contribution in [-0.2, 0) is 13.5 Å². The van der Waals surface area contributed by atoms with Crippen molar-refractivity contribution < 1.29 is 9.13 Å². The maximum absolute atomic E-state index is 13.3. The van der Waals surface area contributed by atoms with Crippen molar-refractivity contribution in [2.75, 3.05) is 0 Å². The van der Waals surface area contributed by atoms with E-state index in [9.17, 15) is 4.39 Å². The third-order valence-electron chi connectivity index (χ3n) is 3.73. The highest BCUT2D eigenvalue weighted by atomic mass is 19.1. The van der Waals surface area contributed by atoms with Gasteiger partial charge in [-0.2, -0.15) is 5.10 Å². The van der Waals surface area contributed by atoms with Crippen molar-refractivity contribution >= 4 is 0 Å². The molecule has 2 heterocycles. The number of hydrogen-bond acceptors (Lipinski definition) is 3. The normalized spacial score (nSPS) is 21.4. The van der Waals surface area contributed by atoms with Crippen LogP contribution in [0.15, 0.2) is 24.4 Å². The largest absolute Gasteiger partial charge is 0.485 e. The van der Waals surface area contributed by atoms with E-state index in [1.165, 1.54) is 12.1 Å². The first-order chi connectivity index (χ1) is 9.58. The Kier molecular flexibility index (Phi) is 3.22. The summed E-state index contributed by atoms with van der Waals surface area (Å²) in [7, 11) is 1.90. The molecule has 1 unspecified atom stereocenters. The van der Waals surface area contributed by atoms with Gasteiger partial charge in [0.15, 0.2) is 0 Å². The molecule has 0 spiro atoms. The summed E-state index contributed by atoms with van der Waals surface area (Å²) in [5, 5.41) is 4.44. The number of ether oxygens (including phenoxy) is 1. The van der Waals surface area contributed by atoms with Crippen molar-refractivity contribution in [3.8, 4) is 5.75 Å².